The van der Waals surface area contributed by atoms with Crippen LogP contribution in [0.25, 0.3) is 0 Å². The maximum absolute atomic E-state index is 11.4. The molecule has 0 aliphatic rings. The van der Waals surface area contributed by atoms with Gasteiger partial charge in [0.1, 0.15) is 11.9 Å². The van der Waals surface area contributed by atoms with Crippen molar-refractivity contribution in [3.63, 3.8) is 0 Å². The molecule has 0 aromatic heterocycles. The highest BCUT2D eigenvalue weighted by Crippen LogP contribution is 2.04. The molecule has 0 aliphatic carbocycles. The summed E-state index contributed by atoms with van der Waals surface area (Å²) in [6.45, 7) is 0. The van der Waals surface area contributed by atoms with Gasteiger partial charge < -0.3 is 4.29 Å². The topological polar surface area (TPSA) is 26.3 Å². The second kappa shape index (κ2) is 6.09. The molecule has 0 amide bonds. The smallest absolute Gasteiger partial charge is 0.324 e. The van der Waals surface area contributed by atoms with Crippen molar-refractivity contribution < 1.29 is 17.9 Å². The van der Waals surface area contributed by atoms with Gasteiger partial charge in [-0.15, -0.1) is 0 Å². The normalized spacial score (nSPS) is 9.00. The van der Waals surface area contributed by atoms with E-state index in [9.17, 15) is 13.6 Å². The van der Waals surface area contributed by atoms with Crippen LogP contribution in [0, 0.1) is 0 Å². The number of carbonyl (C=O) groups excluding carboxylic acids is 1. The number of rotatable bonds is 4. The molecule has 2 nitrogen and oxygen atoms in total. The fourth-order valence-corrected chi connectivity index (χ4v) is 0.573. The highest BCUT2D eigenvalue weighted by atomic mass is 35.5. The van der Waals surface area contributed by atoms with Crippen LogP contribution in [0.3, 0.4) is 0 Å². The van der Waals surface area contributed by atoms with Crippen molar-refractivity contribution in [2.45, 2.75) is 19.3 Å². The zero-order valence-electron chi connectivity index (χ0n) is 5.65. The van der Waals surface area contributed by atoms with Gasteiger partial charge in [0.2, 0.25) is 0 Å². The second-order valence-electron chi connectivity index (χ2n) is 1.84. The SMILES string of the molecule is O=C(CCCC=C(F)F)OCl. The molecule has 0 atom stereocenters. The standard InChI is InChI=1S/C6H7ClF2O2/c7-11-6(10)4-2-1-3-5(8)9/h3H,1-2,4H2. The van der Waals surface area contributed by atoms with Crippen molar-refractivity contribution in [2.75, 3.05) is 0 Å². The van der Waals surface area contributed by atoms with E-state index in [1.807, 2.05) is 0 Å². The Hall–Kier alpha value is -0.640. The molecule has 0 N–H and O–H groups in total. The maximum Gasteiger partial charge on any atom is 0.324 e. The number of hydrogen-bond acceptors (Lipinski definition) is 2. The van der Waals surface area contributed by atoms with E-state index in [-0.39, 0.29) is 12.8 Å². The molecule has 0 heterocycles. The van der Waals surface area contributed by atoms with Crippen molar-refractivity contribution in [3.8, 4) is 0 Å². The van der Waals surface area contributed by atoms with Crippen molar-refractivity contribution in [3.05, 3.63) is 12.2 Å². The summed E-state index contributed by atoms with van der Waals surface area (Å²) < 4.78 is 26.5. The monoisotopic (exact) mass is 184 g/mol. The van der Waals surface area contributed by atoms with Gasteiger partial charge in [0.05, 0.1) is 0 Å². The van der Waals surface area contributed by atoms with E-state index in [1.54, 1.807) is 0 Å². The van der Waals surface area contributed by atoms with Gasteiger partial charge >= 0.3 is 5.97 Å². The van der Waals surface area contributed by atoms with Crippen molar-refractivity contribution >= 4 is 17.8 Å². The summed E-state index contributed by atoms with van der Waals surface area (Å²) in [5, 5.41) is 0. The molecule has 0 aromatic rings. The van der Waals surface area contributed by atoms with Gasteiger partial charge in [-0.05, 0) is 18.9 Å². The minimum absolute atomic E-state index is 0.0628. The van der Waals surface area contributed by atoms with E-state index < -0.39 is 12.0 Å². The number of carbonyl (C=O) groups is 1. The van der Waals surface area contributed by atoms with Gasteiger partial charge in [-0.3, -0.25) is 4.79 Å². The lowest BCUT2D eigenvalue weighted by Crippen LogP contribution is -1.94. The van der Waals surface area contributed by atoms with Gasteiger partial charge in [-0.25, -0.2) is 0 Å². The Morgan fingerprint density at radius 2 is 2.18 bits per heavy atom. The Balaban J connectivity index is 3.28. The predicted octanol–water partition coefficient (Wildman–Crippen LogP) is 2.63. The van der Waals surface area contributed by atoms with Gasteiger partial charge in [-0.2, -0.15) is 8.78 Å². The minimum Gasteiger partial charge on any atom is -0.348 e. The number of allylic oxidation sites excluding steroid dienone is 1. The molecule has 0 radical (unpaired) electrons. The van der Waals surface area contributed by atoms with Crippen LogP contribution in [0.1, 0.15) is 19.3 Å². The van der Waals surface area contributed by atoms with Gasteiger partial charge in [0.15, 0.2) is 0 Å². The fraction of sp³-hybridized carbons (Fsp3) is 0.500. The van der Waals surface area contributed by atoms with E-state index in [4.69, 9.17) is 0 Å². The van der Waals surface area contributed by atoms with Crippen LogP contribution in [-0.2, 0) is 9.08 Å². The van der Waals surface area contributed by atoms with E-state index in [0.717, 1.165) is 6.08 Å². The largest absolute Gasteiger partial charge is 0.348 e. The van der Waals surface area contributed by atoms with E-state index in [1.165, 1.54) is 0 Å². The molecule has 11 heavy (non-hydrogen) atoms. The summed E-state index contributed by atoms with van der Waals surface area (Å²) in [5.41, 5.74) is 0. The van der Waals surface area contributed by atoms with Crippen molar-refractivity contribution in [2.24, 2.45) is 0 Å². The maximum atomic E-state index is 11.4. The van der Waals surface area contributed by atoms with Crippen molar-refractivity contribution in [1.82, 2.24) is 0 Å². The number of unbranched alkanes of at least 4 members (excludes halogenated alkanes) is 1. The fourth-order valence-electron chi connectivity index (χ4n) is 0.496. The van der Waals surface area contributed by atoms with Gasteiger partial charge in [0.25, 0.3) is 6.08 Å². The third-order valence-corrected chi connectivity index (χ3v) is 1.14. The van der Waals surface area contributed by atoms with Crippen LogP contribution in [0.15, 0.2) is 12.2 Å². The Morgan fingerprint density at radius 1 is 1.55 bits per heavy atom. The number of hydrogen-bond donors (Lipinski definition) is 0. The molecule has 0 rings (SSSR count). The highest BCUT2D eigenvalue weighted by Gasteiger charge is 1.99. The summed E-state index contributed by atoms with van der Waals surface area (Å²) >= 11 is 4.68. The summed E-state index contributed by atoms with van der Waals surface area (Å²) in [6.07, 6.45) is -0.435. The second-order valence-corrected chi connectivity index (χ2v) is 1.99. The molecule has 5 heteroatoms. The molecule has 0 saturated heterocycles. The summed E-state index contributed by atoms with van der Waals surface area (Å²) in [6, 6.07) is 0. The molecule has 0 bridgehead atoms. The molecule has 0 spiro atoms. The molecule has 0 fully saturated rings. The molecule has 0 unspecified atom stereocenters. The van der Waals surface area contributed by atoms with Gasteiger partial charge in [-0.1, -0.05) is 0 Å². The molecular weight excluding hydrogens is 178 g/mol. The Morgan fingerprint density at radius 3 is 2.64 bits per heavy atom. The third kappa shape index (κ3) is 7.25. The quantitative estimate of drug-likeness (QED) is 0.628. The Kier molecular flexibility index (Phi) is 5.74. The lowest BCUT2D eigenvalue weighted by Gasteiger charge is -1.91. The summed E-state index contributed by atoms with van der Waals surface area (Å²) in [5.74, 6) is -0.598. The molecule has 64 valence electrons. The van der Waals surface area contributed by atoms with Crippen LogP contribution < -0.4 is 0 Å². The van der Waals surface area contributed by atoms with E-state index in [2.05, 4.69) is 16.2 Å². The van der Waals surface area contributed by atoms with Crippen LogP contribution in [-0.4, -0.2) is 5.97 Å². The van der Waals surface area contributed by atoms with Crippen LogP contribution in [0.4, 0.5) is 8.78 Å². The highest BCUT2D eigenvalue weighted by molar-refractivity contribution is 6.13. The minimum atomic E-state index is -1.73. The number of halogens is 3. The van der Waals surface area contributed by atoms with Crippen LogP contribution >= 0.6 is 11.9 Å². The average Bonchev–Trinajstić information content (AvgIpc) is 1.97. The first kappa shape index (κ1) is 10.4. The molecule has 0 saturated carbocycles. The first-order valence-corrected chi connectivity index (χ1v) is 3.30. The molecule has 0 aromatic carbocycles. The Labute approximate surface area is 68.0 Å². The molecular formula is C6H7ClF2O2. The van der Waals surface area contributed by atoms with Crippen LogP contribution in [0.5, 0.6) is 0 Å². The zero-order chi connectivity index (χ0) is 8.69. The van der Waals surface area contributed by atoms with E-state index >= 15 is 0 Å². The third-order valence-electron chi connectivity index (χ3n) is 0.970. The summed E-state index contributed by atoms with van der Waals surface area (Å²) in [4.78, 5) is 10.3. The first-order chi connectivity index (χ1) is 5.16. The molecule has 0 aliphatic heterocycles. The van der Waals surface area contributed by atoms with Crippen molar-refractivity contribution in [1.29, 1.82) is 0 Å². The zero-order valence-corrected chi connectivity index (χ0v) is 6.40. The lowest BCUT2D eigenvalue weighted by molar-refractivity contribution is -0.134. The Bertz CT molecular complexity index is 155. The van der Waals surface area contributed by atoms with E-state index in [0.29, 0.717) is 6.42 Å². The first-order valence-electron chi connectivity index (χ1n) is 2.99. The summed E-state index contributed by atoms with van der Waals surface area (Å²) in [7, 11) is 0. The lowest BCUT2D eigenvalue weighted by atomic mass is 10.2. The van der Waals surface area contributed by atoms with Gasteiger partial charge in [0, 0.05) is 6.42 Å². The average molecular weight is 185 g/mol. The predicted molar refractivity (Wildman–Crippen MR) is 36.1 cm³/mol. The van der Waals surface area contributed by atoms with Crippen LogP contribution in [0.2, 0.25) is 0 Å².